The summed E-state index contributed by atoms with van der Waals surface area (Å²) in [4.78, 5) is 0. The smallest absolute Gasteiger partial charge is 0.359 e. The lowest BCUT2D eigenvalue weighted by Gasteiger charge is -2.06. The molecule has 0 aliphatic rings. The molecule has 0 amide bonds. The zero-order chi connectivity index (χ0) is 10.3. The number of ether oxygens (including phenoxy) is 1. The Labute approximate surface area is 76.9 Å². The summed E-state index contributed by atoms with van der Waals surface area (Å²) in [6.45, 7) is -0.966. The van der Waals surface area contributed by atoms with E-state index in [4.69, 9.17) is 5.73 Å². The van der Waals surface area contributed by atoms with Crippen molar-refractivity contribution in [2.45, 2.75) is 12.6 Å². The van der Waals surface area contributed by atoms with Crippen LogP contribution in [0, 0.1) is 0 Å². The van der Waals surface area contributed by atoms with Gasteiger partial charge in [-0.3, -0.25) is 4.21 Å². The molecule has 0 spiro atoms. The molecule has 0 radical (unpaired) electrons. The average Bonchev–Trinajstić information content (AvgIpc) is 1.98. The normalized spacial score (nSPS) is 14.5. The zero-order valence-corrected chi connectivity index (χ0v) is 7.79. The fraction of sp³-hybridized carbons (Fsp3) is 1.00. The second-order valence-corrected chi connectivity index (χ2v) is 3.89. The maximum absolute atomic E-state index is 11.5. The van der Waals surface area contributed by atoms with Crippen molar-refractivity contribution in [3.05, 3.63) is 0 Å². The Hall–Kier alpha value is -0.140. The van der Waals surface area contributed by atoms with E-state index in [1.165, 1.54) is 0 Å². The van der Waals surface area contributed by atoms with Gasteiger partial charge in [0.25, 0.3) is 0 Å². The molecule has 0 aromatic carbocycles. The molecule has 2 N–H and O–H groups in total. The highest BCUT2D eigenvalue weighted by atomic mass is 32.2. The number of alkyl halides is 3. The van der Waals surface area contributed by atoms with Crippen molar-refractivity contribution in [2.75, 3.05) is 24.8 Å². The van der Waals surface area contributed by atoms with Gasteiger partial charge in [0.1, 0.15) is 12.5 Å². The minimum absolute atomic E-state index is 0.286. The molecule has 80 valence electrons. The molecule has 0 aliphatic heterocycles. The minimum atomic E-state index is -4.35. The van der Waals surface area contributed by atoms with Crippen LogP contribution in [0.25, 0.3) is 0 Å². The Bertz CT molecular complexity index is 162. The van der Waals surface area contributed by atoms with Gasteiger partial charge in [0, 0.05) is 16.6 Å². The predicted molar refractivity (Wildman–Crippen MR) is 43.6 cm³/mol. The SMILES string of the molecule is NCCCS(=O)COCC(F)(F)F. The van der Waals surface area contributed by atoms with Crippen molar-refractivity contribution in [3.63, 3.8) is 0 Å². The summed E-state index contributed by atoms with van der Waals surface area (Å²) < 4.78 is 49.6. The number of hydrogen-bond acceptors (Lipinski definition) is 3. The molecule has 0 rings (SSSR count). The van der Waals surface area contributed by atoms with E-state index >= 15 is 0 Å². The van der Waals surface area contributed by atoms with Crippen LogP contribution in [0.15, 0.2) is 0 Å². The molecule has 0 aliphatic carbocycles. The molecule has 0 saturated carbocycles. The molecular weight excluding hydrogens is 207 g/mol. The van der Waals surface area contributed by atoms with Gasteiger partial charge >= 0.3 is 6.18 Å². The average molecular weight is 219 g/mol. The number of nitrogens with two attached hydrogens (primary N) is 1. The van der Waals surface area contributed by atoms with Crippen LogP contribution in [0.2, 0.25) is 0 Å². The summed E-state index contributed by atoms with van der Waals surface area (Å²) in [5.41, 5.74) is 5.12. The van der Waals surface area contributed by atoms with E-state index in [-0.39, 0.29) is 11.7 Å². The van der Waals surface area contributed by atoms with Crippen LogP contribution in [0.3, 0.4) is 0 Å². The van der Waals surface area contributed by atoms with E-state index in [2.05, 4.69) is 4.74 Å². The summed E-state index contributed by atoms with van der Waals surface area (Å²) in [7, 11) is -1.36. The first-order chi connectivity index (χ1) is 5.95. The molecule has 1 unspecified atom stereocenters. The Kier molecular flexibility index (Phi) is 6.27. The Morgan fingerprint density at radius 2 is 2.00 bits per heavy atom. The van der Waals surface area contributed by atoms with Gasteiger partial charge in [-0.1, -0.05) is 0 Å². The van der Waals surface area contributed by atoms with Gasteiger partial charge in [0.15, 0.2) is 0 Å². The molecule has 3 nitrogen and oxygen atoms in total. The molecule has 1 atom stereocenters. The zero-order valence-electron chi connectivity index (χ0n) is 6.97. The molecule has 0 aromatic rings. The summed E-state index contributed by atoms with van der Waals surface area (Å²) in [6, 6.07) is 0. The quantitative estimate of drug-likeness (QED) is 0.712. The van der Waals surface area contributed by atoms with Gasteiger partial charge in [-0.05, 0) is 13.0 Å². The van der Waals surface area contributed by atoms with Gasteiger partial charge in [0.05, 0.1) is 0 Å². The minimum Gasteiger partial charge on any atom is -0.359 e. The molecule has 0 aromatic heterocycles. The van der Waals surface area contributed by atoms with Crippen molar-refractivity contribution in [2.24, 2.45) is 5.73 Å². The van der Waals surface area contributed by atoms with Gasteiger partial charge < -0.3 is 10.5 Å². The topological polar surface area (TPSA) is 52.3 Å². The standard InChI is InChI=1S/C6H12F3NO2S/c7-6(8,9)4-12-5-13(11)3-1-2-10/h1-5,10H2. The molecule has 0 fully saturated rings. The molecule has 0 bridgehead atoms. The van der Waals surface area contributed by atoms with Crippen LogP contribution < -0.4 is 5.73 Å². The van der Waals surface area contributed by atoms with E-state index < -0.39 is 23.6 Å². The first-order valence-electron chi connectivity index (χ1n) is 3.65. The van der Waals surface area contributed by atoms with Crippen LogP contribution in [-0.4, -0.2) is 35.2 Å². The second kappa shape index (κ2) is 6.33. The maximum atomic E-state index is 11.5. The van der Waals surface area contributed by atoms with Gasteiger partial charge in [-0.25, -0.2) is 0 Å². The molecular formula is C6H12F3NO2S. The molecule has 13 heavy (non-hydrogen) atoms. The third-order valence-corrected chi connectivity index (χ3v) is 2.23. The Morgan fingerprint density at radius 1 is 1.38 bits per heavy atom. The van der Waals surface area contributed by atoms with Crippen LogP contribution in [-0.2, 0) is 15.5 Å². The van der Waals surface area contributed by atoms with E-state index in [1.807, 2.05) is 0 Å². The van der Waals surface area contributed by atoms with Gasteiger partial charge in [-0.15, -0.1) is 0 Å². The molecule has 0 saturated heterocycles. The lowest BCUT2D eigenvalue weighted by atomic mass is 10.5. The monoisotopic (exact) mass is 219 g/mol. The van der Waals surface area contributed by atoms with Crippen LogP contribution in [0.4, 0.5) is 13.2 Å². The summed E-state index contributed by atoms with van der Waals surface area (Å²) in [5.74, 6) is -0.0894. The van der Waals surface area contributed by atoms with Crippen molar-refractivity contribution < 1.29 is 22.1 Å². The largest absolute Gasteiger partial charge is 0.411 e. The first-order valence-corrected chi connectivity index (χ1v) is 5.14. The number of rotatable bonds is 6. The summed E-state index contributed by atoms with van der Waals surface area (Å²) >= 11 is 0. The van der Waals surface area contributed by atoms with Crippen molar-refractivity contribution in [3.8, 4) is 0 Å². The fourth-order valence-corrected chi connectivity index (χ4v) is 1.43. The van der Waals surface area contributed by atoms with Gasteiger partial charge in [-0.2, -0.15) is 13.2 Å². The third-order valence-electron chi connectivity index (χ3n) is 1.06. The van der Waals surface area contributed by atoms with E-state index in [1.54, 1.807) is 0 Å². The summed E-state index contributed by atoms with van der Waals surface area (Å²) in [5, 5.41) is 0. The van der Waals surface area contributed by atoms with Crippen LogP contribution in [0.5, 0.6) is 0 Å². The van der Waals surface area contributed by atoms with Crippen LogP contribution in [0.1, 0.15) is 6.42 Å². The van der Waals surface area contributed by atoms with Crippen molar-refractivity contribution in [1.82, 2.24) is 0 Å². The van der Waals surface area contributed by atoms with E-state index in [9.17, 15) is 17.4 Å². The number of halogens is 3. The molecule has 7 heteroatoms. The van der Waals surface area contributed by atoms with E-state index in [0.717, 1.165) is 0 Å². The highest BCUT2D eigenvalue weighted by Gasteiger charge is 2.27. The molecule has 0 heterocycles. The lowest BCUT2D eigenvalue weighted by molar-refractivity contribution is -0.169. The van der Waals surface area contributed by atoms with Crippen molar-refractivity contribution >= 4 is 10.8 Å². The van der Waals surface area contributed by atoms with Gasteiger partial charge in [0.2, 0.25) is 0 Å². The number of hydrogen-bond donors (Lipinski definition) is 1. The Morgan fingerprint density at radius 3 is 2.46 bits per heavy atom. The predicted octanol–water partition coefficient (Wildman–Crippen LogP) is 0.620. The summed E-state index contributed by atoms with van der Waals surface area (Å²) in [6.07, 6.45) is -3.82. The fourth-order valence-electron chi connectivity index (χ4n) is 0.554. The van der Waals surface area contributed by atoms with Crippen LogP contribution >= 0.6 is 0 Å². The maximum Gasteiger partial charge on any atom is 0.411 e. The van der Waals surface area contributed by atoms with E-state index in [0.29, 0.717) is 13.0 Å². The highest BCUT2D eigenvalue weighted by Crippen LogP contribution is 2.14. The van der Waals surface area contributed by atoms with Crippen molar-refractivity contribution in [1.29, 1.82) is 0 Å². The highest BCUT2D eigenvalue weighted by molar-refractivity contribution is 7.84. The third kappa shape index (κ3) is 9.78. The first kappa shape index (κ1) is 12.9. The second-order valence-electron chi connectivity index (χ2n) is 2.37. The lowest BCUT2D eigenvalue weighted by Crippen LogP contribution is -2.19. The Balaban J connectivity index is 3.37.